The van der Waals surface area contributed by atoms with Crippen molar-refractivity contribution in [1.29, 1.82) is 0 Å². The number of para-hydroxylation sites is 1. The Bertz CT molecular complexity index is 682. The monoisotopic (exact) mass is 287 g/mol. The summed E-state index contributed by atoms with van der Waals surface area (Å²) in [5, 5.41) is 1.92. The smallest absolute Gasteiger partial charge is 0.265 e. The molecule has 0 atom stereocenters. The Morgan fingerprint density at radius 2 is 2.17 bits per heavy atom. The van der Waals surface area contributed by atoms with Gasteiger partial charge in [0.25, 0.3) is 10.0 Å². The number of halogens is 1. The minimum absolute atomic E-state index is 0.219. The number of hydrogen-bond donors (Lipinski definition) is 2. The molecule has 0 amide bonds. The second kappa shape index (κ2) is 4.54. The summed E-state index contributed by atoms with van der Waals surface area (Å²) < 4.78 is 39.5. The van der Waals surface area contributed by atoms with Gasteiger partial charge in [0.2, 0.25) is 0 Å². The molecule has 0 spiro atoms. The van der Waals surface area contributed by atoms with E-state index in [9.17, 15) is 12.8 Å². The first-order valence-electron chi connectivity index (χ1n) is 4.89. The maximum atomic E-state index is 13.2. The quantitative estimate of drug-likeness (QED) is 0.845. The molecule has 0 saturated heterocycles. The number of aryl methyl sites for hydroxylation is 1. The van der Waals surface area contributed by atoms with Gasteiger partial charge in [-0.05, 0) is 19.1 Å². The van der Waals surface area contributed by atoms with Crippen LogP contribution in [0.5, 0.6) is 0 Å². The Morgan fingerprint density at radius 3 is 2.78 bits per heavy atom. The predicted octanol–water partition coefficient (Wildman–Crippen LogP) is 1.97. The summed E-state index contributed by atoms with van der Waals surface area (Å²) in [5.41, 5.74) is 5.71. The van der Waals surface area contributed by atoms with Crippen LogP contribution in [0.2, 0.25) is 0 Å². The topological polar surface area (TPSA) is 85.1 Å². The number of hydrogen-bond acceptors (Lipinski definition) is 5. The van der Waals surface area contributed by atoms with E-state index in [4.69, 9.17) is 5.73 Å². The van der Waals surface area contributed by atoms with E-state index >= 15 is 0 Å². The number of benzene rings is 1. The van der Waals surface area contributed by atoms with Crippen LogP contribution in [0, 0.1) is 12.7 Å². The molecule has 0 aliphatic carbocycles. The van der Waals surface area contributed by atoms with Gasteiger partial charge in [0, 0.05) is 5.38 Å². The predicted molar refractivity (Wildman–Crippen MR) is 68.5 cm³/mol. The van der Waals surface area contributed by atoms with Gasteiger partial charge >= 0.3 is 0 Å². The zero-order chi connectivity index (χ0) is 13.3. The molecule has 0 saturated carbocycles. The summed E-state index contributed by atoms with van der Waals surface area (Å²) in [7, 11) is -3.92. The third kappa shape index (κ3) is 2.44. The number of aromatic nitrogens is 1. The van der Waals surface area contributed by atoms with Gasteiger partial charge < -0.3 is 5.73 Å². The minimum Gasteiger partial charge on any atom is -0.395 e. The Hall–Kier alpha value is -1.67. The van der Waals surface area contributed by atoms with Gasteiger partial charge in [-0.3, -0.25) is 4.72 Å². The highest BCUT2D eigenvalue weighted by molar-refractivity contribution is 7.93. The average molecular weight is 287 g/mol. The van der Waals surface area contributed by atoms with Crippen LogP contribution in [0.25, 0.3) is 0 Å². The summed E-state index contributed by atoms with van der Waals surface area (Å²) in [6.45, 7) is 1.74. The molecule has 0 unspecified atom stereocenters. The van der Waals surface area contributed by atoms with Gasteiger partial charge in [0.1, 0.15) is 10.7 Å². The third-order valence-corrected chi connectivity index (χ3v) is 4.54. The van der Waals surface area contributed by atoms with Gasteiger partial charge in [-0.25, -0.2) is 17.8 Å². The fourth-order valence-electron chi connectivity index (χ4n) is 1.32. The van der Waals surface area contributed by atoms with Crippen molar-refractivity contribution in [3.8, 4) is 0 Å². The number of rotatable bonds is 3. The van der Waals surface area contributed by atoms with Crippen molar-refractivity contribution in [2.24, 2.45) is 0 Å². The first kappa shape index (κ1) is 12.8. The van der Waals surface area contributed by atoms with Crippen molar-refractivity contribution in [3.63, 3.8) is 0 Å². The molecule has 2 aromatic rings. The molecule has 0 radical (unpaired) electrons. The first-order chi connectivity index (χ1) is 8.40. The van der Waals surface area contributed by atoms with Gasteiger partial charge in [0.15, 0.2) is 5.13 Å². The van der Waals surface area contributed by atoms with Crippen LogP contribution < -0.4 is 10.5 Å². The fraction of sp³-hybridized carbons (Fsp3) is 0.100. The lowest BCUT2D eigenvalue weighted by Crippen LogP contribution is -2.15. The summed E-state index contributed by atoms with van der Waals surface area (Å²) in [5.74, 6) is -0.770. The summed E-state index contributed by atoms with van der Waals surface area (Å²) in [6.07, 6.45) is 0. The molecular formula is C10H10FN3O2S2. The van der Waals surface area contributed by atoms with E-state index in [1.165, 1.54) is 12.1 Å². The molecule has 1 aromatic heterocycles. The van der Waals surface area contributed by atoms with E-state index in [0.717, 1.165) is 17.4 Å². The molecular weight excluding hydrogens is 277 g/mol. The zero-order valence-electron chi connectivity index (χ0n) is 9.34. The van der Waals surface area contributed by atoms with Crippen molar-refractivity contribution in [1.82, 2.24) is 4.98 Å². The van der Waals surface area contributed by atoms with Crippen molar-refractivity contribution in [2.45, 2.75) is 11.8 Å². The van der Waals surface area contributed by atoms with Gasteiger partial charge in [0.05, 0.1) is 11.4 Å². The second-order valence-corrected chi connectivity index (χ2v) is 6.06. The fourth-order valence-corrected chi connectivity index (χ4v) is 3.41. The van der Waals surface area contributed by atoms with E-state index in [0.29, 0.717) is 5.69 Å². The van der Waals surface area contributed by atoms with E-state index in [1.54, 1.807) is 12.3 Å². The van der Waals surface area contributed by atoms with Crippen LogP contribution in [0.4, 0.5) is 15.2 Å². The molecule has 8 heteroatoms. The summed E-state index contributed by atoms with van der Waals surface area (Å²) in [4.78, 5) is 3.67. The Balaban J connectivity index is 2.40. The molecule has 5 nitrogen and oxygen atoms in total. The molecule has 0 aliphatic heterocycles. The summed E-state index contributed by atoms with van der Waals surface area (Å²) in [6, 6.07) is 3.62. The number of nitrogens with one attached hydrogen (secondary N) is 1. The Labute approximate surface area is 108 Å². The number of thiazole rings is 1. The van der Waals surface area contributed by atoms with Crippen LogP contribution in [0.15, 0.2) is 28.5 Å². The molecule has 0 fully saturated rings. The lowest BCUT2D eigenvalue weighted by Gasteiger charge is -2.08. The van der Waals surface area contributed by atoms with Crippen molar-refractivity contribution in [3.05, 3.63) is 35.1 Å². The number of nitrogens with zero attached hydrogens (tertiary/aromatic N) is 1. The highest BCUT2D eigenvalue weighted by Crippen LogP contribution is 2.24. The molecule has 0 aliphatic rings. The average Bonchev–Trinajstić information content (AvgIpc) is 2.67. The molecule has 1 aromatic carbocycles. The molecule has 0 bridgehead atoms. The van der Waals surface area contributed by atoms with Crippen LogP contribution in [-0.4, -0.2) is 13.4 Å². The van der Waals surface area contributed by atoms with E-state index < -0.39 is 21.5 Å². The SMILES string of the molecule is Cc1csc(NS(=O)(=O)c2cccc(F)c2N)n1. The second-order valence-electron chi connectivity index (χ2n) is 3.55. The minimum atomic E-state index is -3.92. The van der Waals surface area contributed by atoms with Crippen LogP contribution in [0.3, 0.4) is 0 Å². The Morgan fingerprint density at radius 1 is 1.44 bits per heavy atom. The standard InChI is InChI=1S/C10H10FN3O2S2/c1-6-5-17-10(13-6)14-18(15,16)8-4-2-3-7(11)9(8)12/h2-5H,12H2,1H3,(H,13,14). The molecule has 3 N–H and O–H groups in total. The first-order valence-corrected chi connectivity index (χ1v) is 7.25. The lowest BCUT2D eigenvalue weighted by molar-refractivity contribution is 0.597. The number of anilines is 2. The molecule has 96 valence electrons. The largest absolute Gasteiger partial charge is 0.395 e. The van der Waals surface area contributed by atoms with Crippen LogP contribution in [0.1, 0.15) is 5.69 Å². The lowest BCUT2D eigenvalue weighted by atomic mass is 10.3. The van der Waals surface area contributed by atoms with E-state index in [-0.39, 0.29) is 10.0 Å². The van der Waals surface area contributed by atoms with Crippen molar-refractivity contribution >= 4 is 32.2 Å². The summed E-state index contributed by atoms with van der Waals surface area (Å²) >= 11 is 1.15. The number of nitrogen functional groups attached to an aromatic ring is 1. The van der Waals surface area contributed by atoms with Crippen LogP contribution in [-0.2, 0) is 10.0 Å². The maximum Gasteiger partial charge on any atom is 0.265 e. The molecule has 18 heavy (non-hydrogen) atoms. The highest BCUT2D eigenvalue weighted by Gasteiger charge is 2.20. The van der Waals surface area contributed by atoms with Gasteiger partial charge in [-0.15, -0.1) is 11.3 Å². The van der Waals surface area contributed by atoms with E-state index in [1.807, 2.05) is 0 Å². The molecule has 2 rings (SSSR count). The van der Waals surface area contributed by atoms with Crippen molar-refractivity contribution < 1.29 is 12.8 Å². The number of sulfonamides is 1. The maximum absolute atomic E-state index is 13.2. The van der Waals surface area contributed by atoms with Crippen LogP contribution >= 0.6 is 11.3 Å². The van der Waals surface area contributed by atoms with Gasteiger partial charge in [-0.1, -0.05) is 6.07 Å². The zero-order valence-corrected chi connectivity index (χ0v) is 11.0. The highest BCUT2D eigenvalue weighted by atomic mass is 32.2. The Kier molecular flexibility index (Phi) is 3.22. The van der Waals surface area contributed by atoms with E-state index in [2.05, 4.69) is 9.71 Å². The number of nitrogens with two attached hydrogens (primary N) is 1. The van der Waals surface area contributed by atoms with Gasteiger partial charge in [-0.2, -0.15) is 0 Å². The van der Waals surface area contributed by atoms with Crippen molar-refractivity contribution in [2.75, 3.05) is 10.5 Å². The normalized spacial score (nSPS) is 11.4. The third-order valence-electron chi connectivity index (χ3n) is 2.14. The molecule has 1 heterocycles.